The van der Waals surface area contributed by atoms with Crippen molar-refractivity contribution in [1.82, 2.24) is 4.98 Å². The van der Waals surface area contributed by atoms with Gasteiger partial charge in [-0.1, -0.05) is 70.2 Å². The monoisotopic (exact) mass is 357 g/mol. The highest BCUT2D eigenvalue weighted by Gasteiger charge is 2.25. The molecule has 1 saturated carbocycles. The number of pyridine rings is 1. The number of aromatic nitrogens is 1. The molecule has 140 valence electrons. The number of halogens is 2. The van der Waals surface area contributed by atoms with Gasteiger partial charge in [0.2, 0.25) is 5.95 Å². The Bertz CT molecular complexity index is 703. The van der Waals surface area contributed by atoms with E-state index >= 15 is 0 Å². The van der Waals surface area contributed by atoms with Crippen LogP contribution in [0.3, 0.4) is 0 Å². The van der Waals surface area contributed by atoms with Crippen molar-refractivity contribution in [2.45, 2.75) is 64.7 Å². The van der Waals surface area contributed by atoms with Gasteiger partial charge in [-0.15, -0.1) is 0 Å². The summed E-state index contributed by atoms with van der Waals surface area (Å²) in [6, 6.07) is 9.45. The van der Waals surface area contributed by atoms with E-state index in [1.807, 2.05) is 12.1 Å². The van der Waals surface area contributed by atoms with Gasteiger partial charge in [-0.05, 0) is 47.8 Å². The van der Waals surface area contributed by atoms with Gasteiger partial charge < -0.3 is 0 Å². The zero-order chi connectivity index (χ0) is 18.5. The van der Waals surface area contributed by atoms with Crippen LogP contribution >= 0.6 is 0 Å². The van der Waals surface area contributed by atoms with Gasteiger partial charge in [0.05, 0.1) is 0 Å². The Labute approximate surface area is 155 Å². The van der Waals surface area contributed by atoms with E-state index in [2.05, 4.69) is 31.0 Å². The van der Waals surface area contributed by atoms with E-state index in [4.69, 9.17) is 0 Å². The van der Waals surface area contributed by atoms with Crippen LogP contribution in [0.1, 0.15) is 70.3 Å². The Kier molecular flexibility index (Phi) is 6.39. The molecule has 0 spiro atoms. The summed E-state index contributed by atoms with van der Waals surface area (Å²) < 4.78 is 26.4. The minimum absolute atomic E-state index is 0.541. The van der Waals surface area contributed by atoms with Crippen molar-refractivity contribution in [3.63, 3.8) is 0 Å². The third kappa shape index (κ3) is 4.49. The maximum absolute atomic E-state index is 13.4. The van der Waals surface area contributed by atoms with Crippen LogP contribution < -0.4 is 0 Å². The second-order valence-corrected chi connectivity index (χ2v) is 7.83. The second kappa shape index (κ2) is 8.75. The van der Waals surface area contributed by atoms with Crippen molar-refractivity contribution in [2.75, 3.05) is 0 Å². The summed E-state index contributed by atoms with van der Waals surface area (Å²) in [4.78, 5) is 3.47. The lowest BCUT2D eigenvalue weighted by Gasteiger charge is -2.32. The number of benzene rings is 1. The highest BCUT2D eigenvalue weighted by molar-refractivity contribution is 5.62. The fourth-order valence-electron chi connectivity index (χ4n) is 4.30. The van der Waals surface area contributed by atoms with Crippen LogP contribution in [0.25, 0.3) is 11.1 Å². The molecule has 3 rings (SSSR count). The minimum atomic E-state index is -1.05. The number of hydrogen-bond donors (Lipinski definition) is 0. The number of hydrogen-bond acceptors (Lipinski definition) is 1. The zero-order valence-corrected chi connectivity index (χ0v) is 15.8. The first-order chi connectivity index (χ1) is 12.6. The molecule has 1 heterocycles. The van der Waals surface area contributed by atoms with E-state index in [0.717, 1.165) is 17.4 Å². The van der Waals surface area contributed by atoms with Crippen molar-refractivity contribution >= 4 is 0 Å². The first kappa shape index (κ1) is 19.0. The number of nitrogens with zero attached hydrogens (tertiary/aromatic N) is 1. The summed E-state index contributed by atoms with van der Waals surface area (Å²) >= 11 is 0. The fraction of sp³-hybridized carbons (Fsp3) is 0.522. The average molecular weight is 357 g/mol. The first-order valence-electron chi connectivity index (χ1n) is 9.99. The molecule has 0 saturated heterocycles. The van der Waals surface area contributed by atoms with E-state index in [9.17, 15) is 8.78 Å². The molecule has 0 radical (unpaired) electrons. The predicted octanol–water partition coefficient (Wildman–Crippen LogP) is 7.13. The molecule has 1 unspecified atom stereocenters. The highest BCUT2D eigenvalue weighted by Crippen LogP contribution is 2.39. The summed E-state index contributed by atoms with van der Waals surface area (Å²) in [5.41, 5.74) is 2.82. The van der Waals surface area contributed by atoms with Gasteiger partial charge in [0.15, 0.2) is 5.82 Å². The normalized spacial score (nSPS) is 21.5. The molecule has 26 heavy (non-hydrogen) atoms. The van der Waals surface area contributed by atoms with Gasteiger partial charge in [-0.25, -0.2) is 9.37 Å². The van der Waals surface area contributed by atoms with E-state index in [-0.39, 0.29) is 0 Å². The third-order valence-corrected chi connectivity index (χ3v) is 6.13. The molecular weight excluding hydrogens is 328 g/mol. The van der Waals surface area contributed by atoms with Gasteiger partial charge in [-0.2, -0.15) is 4.39 Å². The summed E-state index contributed by atoms with van der Waals surface area (Å²) in [5, 5.41) is 0. The van der Waals surface area contributed by atoms with Gasteiger partial charge >= 0.3 is 0 Å². The number of rotatable bonds is 6. The molecule has 0 amide bonds. The summed E-state index contributed by atoms with van der Waals surface area (Å²) in [5.74, 6) is 0.276. The van der Waals surface area contributed by atoms with Gasteiger partial charge in [-0.3, -0.25) is 0 Å². The summed E-state index contributed by atoms with van der Waals surface area (Å²) in [6.45, 7) is 4.60. The van der Waals surface area contributed by atoms with E-state index in [1.54, 1.807) is 0 Å². The topological polar surface area (TPSA) is 12.9 Å². The molecule has 0 aliphatic heterocycles. The van der Waals surface area contributed by atoms with Crippen LogP contribution in [0.2, 0.25) is 0 Å². The minimum Gasteiger partial charge on any atom is -0.225 e. The lowest BCUT2D eigenvalue weighted by molar-refractivity contribution is 0.237. The van der Waals surface area contributed by atoms with Gasteiger partial charge in [0, 0.05) is 11.8 Å². The first-order valence-corrected chi connectivity index (χ1v) is 9.99. The van der Waals surface area contributed by atoms with E-state index in [0.29, 0.717) is 11.5 Å². The fourth-order valence-corrected chi connectivity index (χ4v) is 4.30. The third-order valence-electron chi connectivity index (χ3n) is 6.13. The molecule has 3 heteroatoms. The van der Waals surface area contributed by atoms with Gasteiger partial charge in [0.1, 0.15) is 0 Å². The average Bonchev–Trinajstić information content (AvgIpc) is 2.68. The van der Waals surface area contributed by atoms with Crippen LogP contribution in [0, 0.1) is 23.6 Å². The molecular formula is C23H29F2N. The maximum Gasteiger partial charge on any atom is 0.248 e. The van der Waals surface area contributed by atoms with Crippen molar-refractivity contribution in [3.05, 3.63) is 53.9 Å². The molecule has 1 aliphatic rings. The van der Waals surface area contributed by atoms with Crippen molar-refractivity contribution in [1.29, 1.82) is 0 Å². The Morgan fingerprint density at radius 2 is 1.73 bits per heavy atom. The van der Waals surface area contributed by atoms with E-state index in [1.165, 1.54) is 62.8 Å². The van der Waals surface area contributed by atoms with E-state index < -0.39 is 11.8 Å². The molecule has 1 atom stereocenters. The molecule has 1 aromatic carbocycles. The maximum atomic E-state index is 13.4. The Morgan fingerprint density at radius 3 is 2.35 bits per heavy atom. The summed E-state index contributed by atoms with van der Waals surface area (Å²) in [6.07, 6.45) is 10.8. The SMILES string of the molecule is CCCCC1CCC(C(C)c2ccc(-c3cnc(F)c(F)c3)cc2)CC1. The summed E-state index contributed by atoms with van der Waals surface area (Å²) in [7, 11) is 0. The smallest absolute Gasteiger partial charge is 0.225 e. The molecule has 0 N–H and O–H groups in total. The zero-order valence-electron chi connectivity index (χ0n) is 15.8. The molecule has 1 fully saturated rings. The largest absolute Gasteiger partial charge is 0.248 e. The quantitative estimate of drug-likeness (QED) is 0.501. The van der Waals surface area contributed by atoms with Gasteiger partial charge in [0.25, 0.3) is 0 Å². The Morgan fingerprint density at radius 1 is 1.04 bits per heavy atom. The Hall–Kier alpha value is -1.77. The van der Waals surface area contributed by atoms with Crippen LogP contribution in [0.15, 0.2) is 36.5 Å². The molecule has 1 nitrogen and oxygen atoms in total. The van der Waals surface area contributed by atoms with Crippen molar-refractivity contribution in [2.24, 2.45) is 11.8 Å². The highest BCUT2D eigenvalue weighted by atomic mass is 19.2. The van der Waals surface area contributed by atoms with Crippen LogP contribution in [-0.2, 0) is 0 Å². The van der Waals surface area contributed by atoms with Crippen LogP contribution in [-0.4, -0.2) is 4.98 Å². The van der Waals surface area contributed by atoms with Crippen LogP contribution in [0.4, 0.5) is 8.78 Å². The molecule has 2 aromatic rings. The Balaban J connectivity index is 1.62. The predicted molar refractivity (Wildman–Crippen MR) is 103 cm³/mol. The molecule has 1 aliphatic carbocycles. The van der Waals surface area contributed by atoms with Crippen molar-refractivity contribution < 1.29 is 8.78 Å². The number of unbranched alkanes of at least 4 members (excludes halogenated alkanes) is 1. The second-order valence-electron chi connectivity index (χ2n) is 7.83. The van der Waals surface area contributed by atoms with Crippen LogP contribution in [0.5, 0.6) is 0 Å². The van der Waals surface area contributed by atoms with Crippen molar-refractivity contribution in [3.8, 4) is 11.1 Å². The lowest BCUT2D eigenvalue weighted by Crippen LogP contribution is -2.19. The standard InChI is InChI=1S/C23H29F2N/c1-3-4-5-17-6-8-18(9-7-17)16(2)19-10-12-20(13-11-19)21-14-22(24)23(25)26-15-21/h10-18H,3-9H2,1-2H3. The molecule has 0 bridgehead atoms. The molecule has 1 aromatic heterocycles. The lowest BCUT2D eigenvalue weighted by atomic mass is 9.73.